The molecule has 1 aromatic heterocycles. The number of halogens is 2. The lowest BCUT2D eigenvalue weighted by Gasteiger charge is -2.18. The maximum Gasteiger partial charge on any atom is 0.263 e. The highest BCUT2D eigenvalue weighted by Crippen LogP contribution is 2.26. The molecule has 32 heavy (non-hydrogen) atoms. The van der Waals surface area contributed by atoms with Crippen molar-refractivity contribution in [1.29, 1.82) is 0 Å². The molecule has 1 saturated heterocycles. The van der Waals surface area contributed by atoms with Gasteiger partial charge in [0.1, 0.15) is 0 Å². The topological polar surface area (TPSA) is 91.4 Å². The zero-order chi connectivity index (χ0) is 22.7. The number of hydrogen-bond acceptors (Lipinski definition) is 6. The van der Waals surface area contributed by atoms with E-state index in [1.807, 2.05) is 0 Å². The molecule has 2 heterocycles. The number of hydrogen-bond donors (Lipinski definition) is 2. The van der Waals surface area contributed by atoms with Crippen LogP contribution in [-0.4, -0.2) is 38.4 Å². The summed E-state index contributed by atoms with van der Waals surface area (Å²) in [6, 6.07) is 11.3. The van der Waals surface area contributed by atoms with Crippen molar-refractivity contribution in [1.82, 2.24) is 10.3 Å². The van der Waals surface area contributed by atoms with E-state index in [1.165, 1.54) is 29.7 Å². The van der Waals surface area contributed by atoms with Gasteiger partial charge in [0.15, 0.2) is 5.13 Å². The smallest absolute Gasteiger partial charge is 0.263 e. The quantitative estimate of drug-likeness (QED) is 0.474. The first-order valence-corrected chi connectivity index (χ1v) is 13.0. The lowest BCUT2D eigenvalue weighted by molar-refractivity contribution is -0.118. The van der Waals surface area contributed by atoms with Gasteiger partial charge in [0.2, 0.25) is 5.91 Å². The second-order valence-corrected chi connectivity index (χ2v) is 10.6. The molecule has 0 bridgehead atoms. The fraction of sp³-hybridized carbons (Fsp3) is 0.238. The molecule has 4 rings (SSSR count). The Morgan fingerprint density at radius 3 is 2.50 bits per heavy atom. The minimum absolute atomic E-state index is 0.0493. The van der Waals surface area contributed by atoms with Crippen LogP contribution in [0.2, 0.25) is 10.0 Å². The Morgan fingerprint density at radius 2 is 1.84 bits per heavy atom. The van der Waals surface area contributed by atoms with E-state index in [2.05, 4.69) is 15.0 Å². The number of thiazole rings is 1. The Morgan fingerprint density at radius 1 is 1.12 bits per heavy atom. The van der Waals surface area contributed by atoms with Crippen molar-refractivity contribution in [3.8, 4) is 0 Å². The van der Waals surface area contributed by atoms with E-state index in [9.17, 15) is 13.2 Å². The fourth-order valence-corrected chi connectivity index (χ4v) is 5.90. The average molecular weight is 511 g/mol. The van der Waals surface area contributed by atoms with Gasteiger partial charge in [-0.1, -0.05) is 29.3 Å². The van der Waals surface area contributed by atoms with E-state index in [0.717, 1.165) is 5.56 Å². The number of amides is 1. The summed E-state index contributed by atoms with van der Waals surface area (Å²) in [5.74, 6) is -0.0493. The number of aromatic nitrogens is 1. The third-order valence-electron chi connectivity index (χ3n) is 5.15. The highest BCUT2D eigenvalue weighted by atomic mass is 35.5. The van der Waals surface area contributed by atoms with Gasteiger partial charge in [-0.2, -0.15) is 0 Å². The number of carbonyl (C=O) groups excluding carboxylic acids is 1. The van der Waals surface area contributed by atoms with E-state index < -0.39 is 10.0 Å². The van der Waals surface area contributed by atoms with Crippen LogP contribution in [0.5, 0.6) is 0 Å². The van der Waals surface area contributed by atoms with Gasteiger partial charge in [0.05, 0.1) is 10.9 Å². The maximum absolute atomic E-state index is 12.8. The van der Waals surface area contributed by atoms with Crippen molar-refractivity contribution in [2.45, 2.75) is 23.8 Å². The number of nitrogens with zero attached hydrogens (tertiary/aromatic N) is 2. The van der Waals surface area contributed by atoms with E-state index in [1.54, 1.807) is 40.6 Å². The van der Waals surface area contributed by atoms with E-state index >= 15 is 0 Å². The molecular weight excluding hydrogens is 491 g/mol. The number of nitrogens with one attached hydrogen (secondary N) is 2. The van der Waals surface area contributed by atoms with Gasteiger partial charge < -0.3 is 10.2 Å². The van der Waals surface area contributed by atoms with Gasteiger partial charge >= 0.3 is 0 Å². The molecule has 0 aliphatic carbocycles. The number of rotatable bonds is 8. The number of sulfonamides is 1. The molecule has 1 atom stereocenters. The summed E-state index contributed by atoms with van der Waals surface area (Å²) in [4.78, 5) is 18.5. The second-order valence-electron chi connectivity index (χ2n) is 7.17. The van der Waals surface area contributed by atoms with Crippen LogP contribution in [0.4, 0.5) is 10.8 Å². The van der Waals surface area contributed by atoms with Crippen LogP contribution in [0.25, 0.3) is 0 Å². The van der Waals surface area contributed by atoms with Crippen LogP contribution in [-0.2, 0) is 21.2 Å². The van der Waals surface area contributed by atoms with E-state index in [4.69, 9.17) is 23.2 Å². The lowest BCUT2D eigenvalue weighted by Crippen LogP contribution is -2.39. The normalized spacial score (nSPS) is 16.5. The predicted molar refractivity (Wildman–Crippen MR) is 128 cm³/mol. The van der Waals surface area contributed by atoms with Crippen LogP contribution in [0.15, 0.2) is 58.9 Å². The molecule has 1 aliphatic rings. The second kappa shape index (κ2) is 9.76. The van der Waals surface area contributed by atoms with Gasteiger partial charge in [-0.05, 0) is 54.8 Å². The number of anilines is 2. The highest BCUT2D eigenvalue weighted by Gasteiger charge is 2.32. The van der Waals surface area contributed by atoms with Gasteiger partial charge in [-0.15, -0.1) is 11.3 Å². The number of benzene rings is 2. The minimum Gasteiger partial charge on any atom is -0.311 e. The monoisotopic (exact) mass is 510 g/mol. The zero-order valence-electron chi connectivity index (χ0n) is 16.8. The largest absolute Gasteiger partial charge is 0.311 e. The third kappa shape index (κ3) is 5.07. The summed E-state index contributed by atoms with van der Waals surface area (Å²) in [7, 11) is -3.73. The first-order chi connectivity index (χ1) is 15.3. The predicted octanol–water partition coefficient (Wildman–Crippen LogP) is 4.19. The van der Waals surface area contributed by atoms with Crippen LogP contribution in [0.3, 0.4) is 0 Å². The maximum atomic E-state index is 12.8. The third-order valence-corrected chi connectivity index (χ3v) is 8.03. The molecule has 0 radical (unpaired) electrons. The summed E-state index contributed by atoms with van der Waals surface area (Å²) in [6.45, 7) is 1.11. The van der Waals surface area contributed by atoms with Gasteiger partial charge in [-0.25, -0.2) is 13.4 Å². The summed E-state index contributed by atoms with van der Waals surface area (Å²) in [5.41, 5.74) is 1.51. The van der Waals surface area contributed by atoms with Gasteiger partial charge in [0.25, 0.3) is 10.0 Å². The van der Waals surface area contributed by atoms with Crippen molar-refractivity contribution >= 4 is 61.3 Å². The van der Waals surface area contributed by atoms with Crippen molar-refractivity contribution in [2.75, 3.05) is 22.7 Å². The number of carbonyl (C=O) groups is 1. The first kappa shape index (κ1) is 23.0. The Hall–Kier alpha value is -2.17. The molecule has 1 aliphatic heterocycles. The zero-order valence-corrected chi connectivity index (χ0v) is 19.9. The molecule has 7 nitrogen and oxygen atoms in total. The van der Waals surface area contributed by atoms with Gasteiger partial charge in [-0.3, -0.25) is 9.52 Å². The minimum atomic E-state index is -3.73. The van der Waals surface area contributed by atoms with Crippen LogP contribution >= 0.6 is 34.5 Å². The van der Waals surface area contributed by atoms with Crippen molar-refractivity contribution in [2.24, 2.45) is 0 Å². The van der Waals surface area contributed by atoms with E-state index in [0.29, 0.717) is 46.8 Å². The highest BCUT2D eigenvalue weighted by molar-refractivity contribution is 7.93. The average Bonchev–Trinajstić information content (AvgIpc) is 3.40. The SMILES string of the molecule is O=C1[C@@H](NCCc2c(Cl)cccc2Cl)CCN1c1ccc(S(=O)(=O)Nc2nccs2)cc1. The summed E-state index contributed by atoms with van der Waals surface area (Å²) in [5, 5.41) is 6.48. The molecule has 0 unspecified atom stereocenters. The summed E-state index contributed by atoms with van der Waals surface area (Å²) < 4.78 is 27.4. The molecule has 168 valence electrons. The molecule has 0 spiro atoms. The molecule has 0 saturated carbocycles. The summed E-state index contributed by atoms with van der Waals surface area (Å²) in [6.07, 6.45) is 2.79. The molecular formula is C21H20Cl2N4O3S2. The Labute approximate surface area is 200 Å². The molecule has 3 aromatic rings. The van der Waals surface area contributed by atoms with Crippen LogP contribution < -0.4 is 14.9 Å². The molecule has 2 N–H and O–H groups in total. The Bertz CT molecular complexity index is 1180. The standard InChI is InChI=1S/C21H20Cl2N4O3S2/c22-17-2-1-3-18(23)16(17)8-10-24-19-9-12-27(20(19)28)14-4-6-15(7-5-14)32(29,30)26-21-25-11-13-31-21/h1-7,11,13,19,24H,8-10,12H2,(H,25,26)/t19-/m0/s1. The fourth-order valence-electron chi connectivity index (χ4n) is 3.52. The van der Waals surface area contributed by atoms with Crippen LogP contribution in [0, 0.1) is 0 Å². The van der Waals surface area contributed by atoms with E-state index in [-0.39, 0.29) is 16.8 Å². The molecule has 2 aromatic carbocycles. The molecule has 11 heteroatoms. The lowest BCUT2D eigenvalue weighted by atomic mass is 10.1. The Balaban J connectivity index is 1.36. The first-order valence-electron chi connectivity index (χ1n) is 9.85. The van der Waals surface area contributed by atoms with Crippen molar-refractivity contribution < 1.29 is 13.2 Å². The molecule has 1 amide bonds. The van der Waals surface area contributed by atoms with Crippen LogP contribution in [0.1, 0.15) is 12.0 Å². The summed E-state index contributed by atoms with van der Waals surface area (Å²) >= 11 is 13.6. The molecule has 1 fully saturated rings. The Kier molecular flexibility index (Phi) is 7.02. The van der Waals surface area contributed by atoms with Crippen molar-refractivity contribution in [3.63, 3.8) is 0 Å². The van der Waals surface area contributed by atoms with Gasteiger partial charge in [0, 0.05) is 40.4 Å². The van der Waals surface area contributed by atoms with Crippen molar-refractivity contribution in [3.05, 3.63) is 69.7 Å².